The van der Waals surface area contributed by atoms with E-state index < -0.39 is 11.8 Å². The van der Waals surface area contributed by atoms with Gasteiger partial charge in [-0.05, 0) is 53.9 Å². The molecule has 11 heteroatoms. The van der Waals surface area contributed by atoms with Gasteiger partial charge in [0, 0.05) is 38.3 Å². The lowest BCUT2D eigenvalue weighted by Crippen LogP contribution is -2.41. The Morgan fingerprint density at radius 2 is 1.89 bits per heavy atom. The summed E-state index contributed by atoms with van der Waals surface area (Å²) in [7, 11) is 3.25. The molecule has 4 rings (SSSR count). The minimum absolute atomic E-state index is 0.0214. The number of nitrogens with one attached hydrogen (secondary N) is 1. The Bertz CT molecular complexity index is 1430. The highest BCUT2D eigenvalue weighted by Gasteiger charge is 2.24. The smallest absolute Gasteiger partial charge is 0.259 e. The van der Waals surface area contributed by atoms with Crippen LogP contribution < -0.4 is 16.0 Å². The number of para-hydroxylation sites is 1. The van der Waals surface area contributed by atoms with Crippen molar-refractivity contribution in [2.75, 3.05) is 44.1 Å². The van der Waals surface area contributed by atoms with Crippen molar-refractivity contribution in [1.29, 1.82) is 0 Å². The maximum Gasteiger partial charge on any atom is 0.259 e. The molecular formula is C27H27ClN4O5S. The van der Waals surface area contributed by atoms with E-state index in [4.69, 9.17) is 22.1 Å². The van der Waals surface area contributed by atoms with Crippen LogP contribution in [0, 0.1) is 6.92 Å². The highest BCUT2D eigenvalue weighted by atomic mass is 35.5. The number of hydrogen-bond donors (Lipinski definition) is 2. The number of nitrogens with zero attached hydrogens (tertiary/aromatic N) is 2. The van der Waals surface area contributed by atoms with Gasteiger partial charge >= 0.3 is 0 Å². The third-order valence-corrected chi connectivity index (χ3v) is 7.48. The fourth-order valence-electron chi connectivity index (χ4n) is 4.30. The standard InChI is InChI=1S/C27H27ClN4O5S/c1-15-11-18(32-9-10-37-14-22(32)33)7-8-19(15)26(35)30-23-16(5-4-6-20(23)27(36)31(2)3)12-17-13-21(28)38-24(17)25(29)34/h4-8,11,13H,9-10,12,14H2,1-3H3,(H2,29,34)(H,30,35). The molecule has 0 aliphatic carbocycles. The van der Waals surface area contributed by atoms with Crippen molar-refractivity contribution in [2.24, 2.45) is 5.73 Å². The summed E-state index contributed by atoms with van der Waals surface area (Å²) in [6.07, 6.45) is 0.225. The Balaban J connectivity index is 1.70. The molecule has 38 heavy (non-hydrogen) atoms. The van der Waals surface area contributed by atoms with Crippen molar-refractivity contribution in [3.8, 4) is 0 Å². The first-order chi connectivity index (χ1) is 18.1. The van der Waals surface area contributed by atoms with Crippen LogP contribution >= 0.6 is 22.9 Å². The molecule has 198 valence electrons. The van der Waals surface area contributed by atoms with E-state index in [1.807, 2.05) is 0 Å². The average molecular weight is 555 g/mol. The molecule has 1 fully saturated rings. The molecule has 1 aromatic heterocycles. The summed E-state index contributed by atoms with van der Waals surface area (Å²) < 4.78 is 5.61. The number of hydrogen-bond acceptors (Lipinski definition) is 6. The number of aryl methyl sites for hydroxylation is 1. The van der Waals surface area contributed by atoms with Crippen molar-refractivity contribution in [2.45, 2.75) is 13.3 Å². The molecule has 4 amide bonds. The number of anilines is 2. The lowest BCUT2D eigenvalue weighted by Gasteiger charge is -2.27. The summed E-state index contributed by atoms with van der Waals surface area (Å²) in [6, 6.07) is 11.9. The van der Waals surface area contributed by atoms with Crippen LogP contribution in [0.2, 0.25) is 4.34 Å². The van der Waals surface area contributed by atoms with E-state index in [2.05, 4.69) is 5.32 Å². The number of ether oxygens (including phenoxy) is 1. The monoisotopic (exact) mass is 554 g/mol. The lowest BCUT2D eigenvalue weighted by molar-refractivity contribution is -0.125. The SMILES string of the molecule is Cc1cc(N2CCOCC2=O)ccc1C(=O)Nc1c(Cc2cc(Cl)sc2C(N)=O)cccc1C(=O)N(C)C. The average Bonchev–Trinajstić information content (AvgIpc) is 3.24. The van der Waals surface area contributed by atoms with Crippen LogP contribution in [0.25, 0.3) is 0 Å². The van der Waals surface area contributed by atoms with Gasteiger partial charge in [-0.1, -0.05) is 23.7 Å². The molecule has 1 aliphatic rings. The van der Waals surface area contributed by atoms with Crippen LogP contribution in [0.5, 0.6) is 0 Å². The molecule has 2 heterocycles. The van der Waals surface area contributed by atoms with Gasteiger partial charge in [-0.25, -0.2) is 0 Å². The summed E-state index contributed by atoms with van der Waals surface area (Å²) >= 11 is 7.23. The third-order valence-electron chi connectivity index (χ3n) is 6.16. The van der Waals surface area contributed by atoms with Crippen LogP contribution in [-0.4, -0.2) is 62.4 Å². The van der Waals surface area contributed by atoms with Crippen LogP contribution in [0.15, 0.2) is 42.5 Å². The fourth-order valence-corrected chi connectivity index (χ4v) is 5.42. The topological polar surface area (TPSA) is 122 Å². The van der Waals surface area contributed by atoms with Gasteiger partial charge < -0.3 is 25.6 Å². The molecule has 2 aromatic carbocycles. The Kier molecular flexibility index (Phi) is 8.15. The number of nitrogens with two attached hydrogens (primary N) is 1. The van der Waals surface area contributed by atoms with Crippen molar-refractivity contribution >= 4 is 57.9 Å². The van der Waals surface area contributed by atoms with Gasteiger partial charge in [-0.15, -0.1) is 11.3 Å². The summed E-state index contributed by atoms with van der Waals surface area (Å²) in [4.78, 5) is 54.0. The molecule has 0 saturated carbocycles. The highest BCUT2D eigenvalue weighted by Crippen LogP contribution is 2.32. The zero-order chi connectivity index (χ0) is 27.6. The predicted octanol–water partition coefficient (Wildman–Crippen LogP) is 3.72. The number of amides is 4. The Morgan fingerprint density at radius 3 is 2.55 bits per heavy atom. The van der Waals surface area contributed by atoms with E-state index in [0.717, 1.165) is 11.3 Å². The predicted molar refractivity (Wildman–Crippen MR) is 147 cm³/mol. The van der Waals surface area contributed by atoms with Crippen molar-refractivity contribution < 1.29 is 23.9 Å². The Labute approximate surface area is 229 Å². The second-order valence-corrected chi connectivity index (χ2v) is 10.7. The summed E-state index contributed by atoms with van der Waals surface area (Å²) in [5.41, 5.74) is 9.14. The number of thiophene rings is 1. The molecule has 9 nitrogen and oxygen atoms in total. The summed E-state index contributed by atoms with van der Waals surface area (Å²) in [5.74, 6) is -1.45. The fraction of sp³-hybridized carbons (Fsp3) is 0.259. The van der Waals surface area contributed by atoms with Crippen LogP contribution in [0.4, 0.5) is 11.4 Å². The molecule has 1 saturated heterocycles. The first-order valence-corrected chi connectivity index (χ1v) is 13.0. The summed E-state index contributed by atoms with van der Waals surface area (Å²) in [5, 5.41) is 2.92. The van der Waals surface area contributed by atoms with Gasteiger partial charge in [0.25, 0.3) is 23.6 Å². The van der Waals surface area contributed by atoms with E-state index in [-0.39, 0.29) is 24.8 Å². The first kappa shape index (κ1) is 27.3. The van der Waals surface area contributed by atoms with E-state index in [9.17, 15) is 19.2 Å². The van der Waals surface area contributed by atoms with Gasteiger partial charge in [-0.3, -0.25) is 19.2 Å². The number of primary amides is 1. The maximum absolute atomic E-state index is 13.5. The Hall–Kier alpha value is -3.73. The zero-order valence-corrected chi connectivity index (χ0v) is 22.7. The number of rotatable bonds is 7. The second kappa shape index (κ2) is 11.3. The molecule has 0 bridgehead atoms. The van der Waals surface area contributed by atoms with Crippen LogP contribution in [0.1, 0.15) is 47.1 Å². The van der Waals surface area contributed by atoms with Gasteiger partial charge in [0.05, 0.1) is 27.1 Å². The molecule has 3 N–H and O–H groups in total. The highest BCUT2D eigenvalue weighted by molar-refractivity contribution is 7.18. The molecular weight excluding hydrogens is 528 g/mol. The number of halogens is 1. The molecule has 0 radical (unpaired) electrons. The Morgan fingerprint density at radius 1 is 1.13 bits per heavy atom. The van der Waals surface area contributed by atoms with E-state index >= 15 is 0 Å². The van der Waals surface area contributed by atoms with Crippen LogP contribution in [-0.2, 0) is 16.0 Å². The van der Waals surface area contributed by atoms with E-state index in [1.54, 1.807) is 68.4 Å². The molecule has 0 atom stereocenters. The largest absolute Gasteiger partial charge is 0.370 e. The van der Waals surface area contributed by atoms with Crippen molar-refractivity contribution in [3.63, 3.8) is 0 Å². The van der Waals surface area contributed by atoms with E-state index in [1.165, 1.54) is 4.90 Å². The van der Waals surface area contributed by atoms with Gasteiger partial charge in [0.15, 0.2) is 0 Å². The number of carbonyl (C=O) groups is 4. The van der Waals surface area contributed by atoms with Crippen LogP contribution in [0.3, 0.4) is 0 Å². The molecule has 1 aliphatic heterocycles. The summed E-state index contributed by atoms with van der Waals surface area (Å²) in [6.45, 7) is 2.69. The van der Waals surface area contributed by atoms with Gasteiger partial charge in [0.2, 0.25) is 0 Å². The molecule has 0 unspecified atom stereocenters. The number of carbonyl (C=O) groups excluding carboxylic acids is 4. The minimum atomic E-state index is -0.600. The first-order valence-electron chi connectivity index (χ1n) is 11.8. The van der Waals surface area contributed by atoms with Crippen molar-refractivity contribution in [1.82, 2.24) is 4.90 Å². The zero-order valence-electron chi connectivity index (χ0n) is 21.2. The third kappa shape index (κ3) is 5.72. The molecule has 0 spiro atoms. The van der Waals surface area contributed by atoms with E-state index in [0.29, 0.717) is 61.6 Å². The molecule has 3 aromatic rings. The number of morpholine rings is 1. The minimum Gasteiger partial charge on any atom is -0.370 e. The quantitative estimate of drug-likeness (QED) is 0.461. The lowest BCUT2D eigenvalue weighted by atomic mass is 9.98. The normalized spacial score (nSPS) is 13.4. The van der Waals surface area contributed by atoms with Gasteiger partial charge in [0.1, 0.15) is 6.61 Å². The van der Waals surface area contributed by atoms with Gasteiger partial charge in [-0.2, -0.15) is 0 Å². The second-order valence-electron chi connectivity index (χ2n) is 9.04. The van der Waals surface area contributed by atoms with Crippen molar-refractivity contribution in [3.05, 3.63) is 79.5 Å². The maximum atomic E-state index is 13.5. The number of benzene rings is 2.